The number of rotatable bonds is 2. The number of aromatic amines is 1. The molecule has 158 valence electrons. The van der Waals surface area contributed by atoms with E-state index in [4.69, 9.17) is 4.74 Å². The minimum atomic E-state index is -0.483. The van der Waals surface area contributed by atoms with Crippen LogP contribution in [-0.4, -0.2) is 66.5 Å². The molecule has 9 heteroatoms. The molecule has 2 aliphatic rings. The van der Waals surface area contributed by atoms with Gasteiger partial charge in [-0.15, -0.1) is 0 Å². The van der Waals surface area contributed by atoms with Gasteiger partial charge in [0, 0.05) is 32.5 Å². The monoisotopic (exact) mass is 409 g/mol. The Morgan fingerprint density at radius 3 is 2.60 bits per heavy atom. The van der Waals surface area contributed by atoms with E-state index >= 15 is 0 Å². The van der Waals surface area contributed by atoms with E-state index in [0.29, 0.717) is 5.65 Å². The number of carbonyl (C=O) groups is 1. The molecule has 2 saturated heterocycles. The zero-order chi connectivity index (χ0) is 21.0. The maximum atomic E-state index is 12.7. The molecule has 1 amide bonds. The molecule has 1 N–H and O–H groups in total. The zero-order valence-corrected chi connectivity index (χ0v) is 17.8. The fourth-order valence-electron chi connectivity index (χ4n) is 4.55. The van der Waals surface area contributed by atoms with Gasteiger partial charge in [-0.1, -0.05) is 0 Å². The molecular formula is C21H27N7O2. The highest BCUT2D eigenvalue weighted by atomic mass is 16.6. The van der Waals surface area contributed by atoms with E-state index in [1.165, 1.54) is 0 Å². The van der Waals surface area contributed by atoms with Crippen molar-refractivity contribution in [3.63, 3.8) is 0 Å². The van der Waals surface area contributed by atoms with Gasteiger partial charge in [-0.2, -0.15) is 5.10 Å². The summed E-state index contributed by atoms with van der Waals surface area (Å²) < 4.78 is 7.41. The van der Waals surface area contributed by atoms with E-state index in [1.807, 2.05) is 45.0 Å². The normalized spacial score (nSPS) is 21.5. The number of nitrogens with zero attached hydrogens (tertiary/aromatic N) is 6. The molecular weight excluding hydrogens is 382 g/mol. The molecule has 3 aromatic rings. The van der Waals surface area contributed by atoms with Crippen LogP contribution in [0.1, 0.15) is 33.6 Å². The van der Waals surface area contributed by atoms with Crippen LogP contribution >= 0.6 is 0 Å². The first-order valence-corrected chi connectivity index (χ1v) is 10.4. The van der Waals surface area contributed by atoms with Crippen molar-refractivity contribution in [2.24, 2.45) is 7.05 Å². The molecule has 0 spiro atoms. The molecule has 2 atom stereocenters. The maximum Gasteiger partial charge on any atom is 0.410 e. The third kappa shape index (κ3) is 3.28. The number of H-pyrrole nitrogens is 1. The van der Waals surface area contributed by atoms with Crippen LogP contribution in [0.15, 0.2) is 24.7 Å². The molecule has 0 aliphatic carbocycles. The Morgan fingerprint density at radius 2 is 1.97 bits per heavy atom. The molecule has 0 saturated carbocycles. The van der Waals surface area contributed by atoms with Crippen molar-refractivity contribution in [3.05, 3.63) is 24.7 Å². The molecule has 5 rings (SSSR count). The van der Waals surface area contributed by atoms with E-state index < -0.39 is 5.60 Å². The lowest BCUT2D eigenvalue weighted by Crippen LogP contribution is -2.56. The number of fused-ring (bicyclic) bond motifs is 3. The van der Waals surface area contributed by atoms with Crippen molar-refractivity contribution >= 4 is 22.9 Å². The van der Waals surface area contributed by atoms with E-state index in [0.717, 1.165) is 48.5 Å². The number of aromatic nitrogens is 5. The molecule has 2 unspecified atom stereocenters. The summed E-state index contributed by atoms with van der Waals surface area (Å²) in [5, 5.41) is 4.23. The summed E-state index contributed by atoms with van der Waals surface area (Å²) >= 11 is 0. The predicted octanol–water partition coefficient (Wildman–Crippen LogP) is 2.95. The molecule has 2 bridgehead atoms. The minimum absolute atomic E-state index is 0.155. The first-order chi connectivity index (χ1) is 14.3. The lowest BCUT2D eigenvalue weighted by Gasteiger charge is -2.42. The number of amides is 1. The summed E-state index contributed by atoms with van der Waals surface area (Å²) in [5.41, 5.74) is 3.12. The standard InChI is InChI=1S/C21H27N7O2/c1-21(2,3)30-20(29)28-14-5-6-15(28)12-27(11-14)16-7-8-22-19-17(16)24-18(25-19)13-9-23-26(4)10-13/h7-10,14-15H,5-6,11-12H2,1-4H3,(H,22,24,25). The molecule has 30 heavy (non-hydrogen) atoms. The third-order valence-corrected chi connectivity index (χ3v) is 5.78. The van der Waals surface area contributed by atoms with Crippen molar-refractivity contribution in [1.29, 1.82) is 0 Å². The number of hydrogen-bond acceptors (Lipinski definition) is 6. The van der Waals surface area contributed by atoms with Gasteiger partial charge in [0.1, 0.15) is 16.9 Å². The van der Waals surface area contributed by atoms with Gasteiger partial charge in [-0.25, -0.2) is 14.8 Å². The molecule has 9 nitrogen and oxygen atoms in total. The van der Waals surface area contributed by atoms with Gasteiger partial charge >= 0.3 is 6.09 Å². The van der Waals surface area contributed by atoms with Crippen LogP contribution < -0.4 is 4.90 Å². The van der Waals surface area contributed by atoms with Crippen LogP contribution in [0, 0.1) is 0 Å². The summed E-state index contributed by atoms with van der Waals surface area (Å²) in [4.78, 5) is 29.6. The number of hydrogen-bond donors (Lipinski definition) is 1. The smallest absolute Gasteiger partial charge is 0.410 e. The van der Waals surface area contributed by atoms with Crippen LogP contribution in [0.3, 0.4) is 0 Å². The highest BCUT2D eigenvalue weighted by molar-refractivity contribution is 5.88. The summed E-state index contributed by atoms with van der Waals surface area (Å²) in [6, 6.07) is 2.33. The SMILES string of the molecule is Cn1cc(-c2nc3nccc(N4CC5CCC(C4)N5C(=O)OC(C)(C)C)c3[nH]2)cn1. The van der Waals surface area contributed by atoms with Gasteiger partial charge < -0.3 is 14.6 Å². The van der Waals surface area contributed by atoms with E-state index in [-0.39, 0.29) is 18.2 Å². The summed E-state index contributed by atoms with van der Waals surface area (Å²) in [6.07, 6.45) is 7.31. The van der Waals surface area contributed by atoms with Gasteiger partial charge in [0.2, 0.25) is 0 Å². The average molecular weight is 409 g/mol. The second kappa shape index (κ2) is 6.72. The second-order valence-corrected chi connectivity index (χ2v) is 9.19. The lowest BCUT2D eigenvalue weighted by molar-refractivity contribution is 0.0123. The molecule has 5 heterocycles. The zero-order valence-electron chi connectivity index (χ0n) is 17.8. The summed E-state index contributed by atoms with van der Waals surface area (Å²) in [6.45, 7) is 7.28. The Kier molecular flexibility index (Phi) is 4.23. The maximum absolute atomic E-state index is 12.7. The highest BCUT2D eigenvalue weighted by Crippen LogP contribution is 2.36. The number of pyridine rings is 1. The van der Waals surface area contributed by atoms with E-state index in [1.54, 1.807) is 17.1 Å². The van der Waals surface area contributed by atoms with Crippen molar-refractivity contribution in [2.75, 3.05) is 18.0 Å². The minimum Gasteiger partial charge on any atom is -0.444 e. The van der Waals surface area contributed by atoms with Crippen molar-refractivity contribution in [2.45, 2.75) is 51.3 Å². The van der Waals surface area contributed by atoms with Gasteiger partial charge in [0.15, 0.2) is 5.65 Å². The van der Waals surface area contributed by atoms with Crippen molar-refractivity contribution in [1.82, 2.24) is 29.6 Å². The average Bonchev–Trinajstić information content (AvgIpc) is 3.35. The Morgan fingerprint density at radius 1 is 1.23 bits per heavy atom. The Bertz CT molecular complexity index is 1080. The van der Waals surface area contributed by atoms with Crippen LogP contribution in [0.2, 0.25) is 0 Å². The topological polar surface area (TPSA) is 92.2 Å². The number of anilines is 1. The first-order valence-electron chi connectivity index (χ1n) is 10.4. The number of carbonyl (C=O) groups excluding carboxylic acids is 1. The Labute approximate surface area is 175 Å². The fraction of sp³-hybridized carbons (Fsp3) is 0.524. The van der Waals surface area contributed by atoms with Crippen LogP contribution in [-0.2, 0) is 11.8 Å². The van der Waals surface area contributed by atoms with Gasteiger partial charge in [-0.3, -0.25) is 9.58 Å². The molecule has 3 aromatic heterocycles. The Balaban J connectivity index is 1.42. The van der Waals surface area contributed by atoms with Crippen LogP contribution in [0.4, 0.5) is 10.5 Å². The van der Waals surface area contributed by atoms with Crippen LogP contribution in [0.25, 0.3) is 22.6 Å². The number of ether oxygens (including phenoxy) is 1. The quantitative estimate of drug-likeness (QED) is 0.700. The highest BCUT2D eigenvalue weighted by Gasteiger charge is 2.44. The van der Waals surface area contributed by atoms with Gasteiger partial charge in [-0.05, 0) is 39.7 Å². The van der Waals surface area contributed by atoms with E-state index in [2.05, 4.69) is 25.0 Å². The predicted molar refractivity (Wildman–Crippen MR) is 113 cm³/mol. The second-order valence-electron chi connectivity index (χ2n) is 9.19. The largest absolute Gasteiger partial charge is 0.444 e. The molecule has 0 aromatic carbocycles. The summed E-state index contributed by atoms with van der Waals surface area (Å²) in [5.74, 6) is 0.758. The number of nitrogens with one attached hydrogen (secondary N) is 1. The molecule has 2 fully saturated rings. The van der Waals surface area contributed by atoms with Crippen LogP contribution in [0.5, 0.6) is 0 Å². The van der Waals surface area contributed by atoms with Gasteiger partial charge in [0.05, 0.1) is 29.5 Å². The Hall–Kier alpha value is -3.10. The van der Waals surface area contributed by atoms with Crippen molar-refractivity contribution in [3.8, 4) is 11.4 Å². The molecule has 0 radical (unpaired) electrons. The number of imidazole rings is 1. The van der Waals surface area contributed by atoms with Gasteiger partial charge in [0.25, 0.3) is 0 Å². The van der Waals surface area contributed by atoms with Crippen molar-refractivity contribution < 1.29 is 9.53 Å². The lowest BCUT2D eigenvalue weighted by atomic mass is 10.1. The number of piperazine rings is 1. The first kappa shape index (κ1) is 18.9. The fourth-order valence-corrected chi connectivity index (χ4v) is 4.55. The molecule has 2 aliphatic heterocycles. The number of aryl methyl sites for hydroxylation is 1. The third-order valence-electron chi connectivity index (χ3n) is 5.78. The van der Waals surface area contributed by atoms with E-state index in [9.17, 15) is 4.79 Å². The summed E-state index contributed by atoms with van der Waals surface area (Å²) in [7, 11) is 1.88.